The summed E-state index contributed by atoms with van der Waals surface area (Å²) >= 11 is 2.17. The first-order valence-electron chi connectivity index (χ1n) is 5.82. The van der Waals surface area contributed by atoms with Gasteiger partial charge in [-0.15, -0.1) is 0 Å². The van der Waals surface area contributed by atoms with Crippen LogP contribution in [0.15, 0.2) is 30.7 Å². The number of nitrogens with zero attached hydrogens (tertiary/aromatic N) is 2. The first-order valence-corrected chi connectivity index (χ1v) is 6.89. The van der Waals surface area contributed by atoms with E-state index in [4.69, 9.17) is 4.74 Å². The molecule has 0 saturated carbocycles. The maximum absolute atomic E-state index is 5.92. The Morgan fingerprint density at radius 3 is 2.72 bits per heavy atom. The molecule has 0 spiro atoms. The van der Waals surface area contributed by atoms with Gasteiger partial charge in [-0.05, 0) is 52.6 Å². The highest BCUT2D eigenvalue weighted by Gasteiger charge is 2.11. The Balaban J connectivity index is 2.39. The average molecular weight is 354 g/mol. The maximum Gasteiger partial charge on any atom is 0.235 e. The molecule has 0 atom stereocenters. The molecule has 94 valence electrons. The van der Waals surface area contributed by atoms with Crippen LogP contribution in [-0.2, 0) is 0 Å². The molecule has 4 heteroatoms. The van der Waals surface area contributed by atoms with Gasteiger partial charge in [0, 0.05) is 6.20 Å². The summed E-state index contributed by atoms with van der Waals surface area (Å²) in [7, 11) is 0. The van der Waals surface area contributed by atoms with Crippen LogP contribution < -0.4 is 4.74 Å². The van der Waals surface area contributed by atoms with Crippen molar-refractivity contribution in [2.45, 2.75) is 26.7 Å². The molecule has 0 aliphatic carbocycles. The third-order valence-corrected chi connectivity index (χ3v) is 3.37. The lowest BCUT2D eigenvalue weighted by molar-refractivity contribution is 0.449. The third kappa shape index (κ3) is 2.98. The average Bonchev–Trinajstić information content (AvgIpc) is 2.32. The number of rotatable bonds is 3. The van der Waals surface area contributed by atoms with Crippen LogP contribution in [0.5, 0.6) is 11.6 Å². The molecule has 0 unspecified atom stereocenters. The molecule has 1 aromatic heterocycles. The van der Waals surface area contributed by atoms with Gasteiger partial charge in [-0.1, -0.05) is 26.0 Å². The fraction of sp³-hybridized carbons (Fsp3) is 0.286. The molecular weight excluding hydrogens is 339 g/mol. The van der Waals surface area contributed by atoms with E-state index in [0.717, 1.165) is 9.32 Å². The van der Waals surface area contributed by atoms with Crippen molar-refractivity contribution < 1.29 is 4.74 Å². The van der Waals surface area contributed by atoms with Crippen LogP contribution in [0.2, 0.25) is 0 Å². The Morgan fingerprint density at radius 2 is 2.06 bits per heavy atom. The second-order valence-electron chi connectivity index (χ2n) is 4.47. The van der Waals surface area contributed by atoms with Crippen molar-refractivity contribution >= 4 is 22.6 Å². The van der Waals surface area contributed by atoms with Gasteiger partial charge < -0.3 is 4.74 Å². The molecule has 2 aromatic rings. The van der Waals surface area contributed by atoms with Gasteiger partial charge in [0.1, 0.15) is 12.1 Å². The summed E-state index contributed by atoms with van der Waals surface area (Å²) in [5, 5.41) is 0. The lowest BCUT2D eigenvalue weighted by Crippen LogP contribution is -1.97. The molecule has 3 nitrogen and oxygen atoms in total. The predicted molar refractivity (Wildman–Crippen MR) is 80.1 cm³/mol. The van der Waals surface area contributed by atoms with Crippen LogP contribution >= 0.6 is 22.6 Å². The minimum Gasteiger partial charge on any atom is -0.438 e. The molecular formula is C14H15IN2O. The number of hydrogen-bond donors (Lipinski definition) is 0. The van der Waals surface area contributed by atoms with Crippen molar-refractivity contribution in [3.05, 3.63) is 45.4 Å². The maximum atomic E-state index is 5.92. The van der Waals surface area contributed by atoms with Crippen LogP contribution in [0.4, 0.5) is 0 Å². The second kappa shape index (κ2) is 5.65. The van der Waals surface area contributed by atoms with E-state index in [-0.39, 0.29) is 0 Å². The summed E-state index contributed by atoms with van der Waals surface area (Å²) in [5.74, 6) is 1.90. The number of aryl methyl sites for hydroxylation is 1. The topological polar surface area (TPSA) is 35.0 Å². The van der Waals surface area contributed by atoms with Crippen LogP contribution in [0.1, 0.15) is 30.9 Å². The molecule has 0 fully saturated rings. The van der Waals surface area contributed by atoms with Gasteiger partial charge in [-0.3, -0.25) is 0 Å². The summed E-state index contributed by atoms with van der Waals surface area (Å²) in [6.45, 7) is 6.37. The van der Waals surface area contributed by atoms with E-state index >= 15 is 0 Å². The summed E-state index contributed by atoms with van der Waals surface area (Å²) in [6.07, 6.45) is 3.25. The number of benzene rings is 1. The van der Waals surface area contributed by atoms with Gasteiger partial charge in [0.05, 0.1) is 3.57 Å². The monoisotopic (exact) mass is 354 g/mol. The molecule has 0 aliphatic rings. The number of aromatic nitrogens is 2. The zero-order valence-corrected chi connectivity index (χ0v) is 12.8. The largest absolute Gasteiger partial charge is 0.438 e. The van der Waals surface area contributed by atoms with Crippen molar-refractivity contribution in [1.82, 2.24) is 9.97 Å². The second-order valence-corrected chi connectivity index (χ2v) is 5.64. The quantitative estimate of drug-likeness (QED) is 0.771. The lowest BCUT2D eigenvalue weighted by atomic mass is 10.0. The van der Waals surface area contributed by atoms with Crippen LogP contribution in [0.25, 0.3) is 0 Å². The fourth-order valence-electron chi connectivity index (χ4n) is 1.69. The Bertz CT molecular complexity index is 555. The van der Waals surface area contributed by atoms with E-state index < -0.39 is 0 Å². The van der Waals surface area contributed by atoms with E-state index in [0.29, 0.717) is 11.8 Å². The molecule has 0 aliphatic heterocycles. The van der Waals surface area contributed by atoms with Crippen LogP contribution in [-0.4, -0.2) is 9.97 Å². The number of hydrogen-bond acceptors (Lipinski definition) is 3. The van der Waals surface area contributed by atoms with Gasteiger partial charge in [0.15, 0.2) is 0 Å². The highest BCUT2D eigenvalue weighted by Crippen LogP contribution is 2.31. The smallest absolute Gasteiger partial charge is 0.235 e. The molecule has 18 heavy (non-hydrogen) atoms. The van der Waals surface area contributed by atoms with E-state index in [9.17, 15) is 0 Å². The van der Waals surface area contributed by atoms with Crippen molar-refractivity contribution in [2.24, 2.45) is 0 Å². The van der Waals surface area contributed by atoms with E-state index in [1.165, 1.54) is 17.5 Å². The summed E-state index contributed by atoms with van der Waals surface area (Å²) in [5.41, 5.74) is 2.37. The number of ether oxygens (including phenoxy) is 1. The van der Waals surface area contributed by atoms with Gasteiger partial charge in [0.25, 0.3) is 0 Å². The lowest BCUT2D eigenvalue weighted by Gasteiger charge is -2.14. The summed E-state index contributed by atoms with van der Waals surface area (Å²) < 4.78 is 6.83. The van der Waals surface area contributed by atoms with Crippen LogP contribution in [0.3, 0.4) is 0 Å². The van der Waals surface area contributed by atoms with Gasteiger partial charge in [0.2, 0.25) is 5.88 Å². The van der Waals surface area contributed by atoms with Gasteiger partial charge in [-0.2, -0.15) is 0 Å². The highest BCUT2D eigenvalue weighted by molar-refractivity contribution is 14.1. The Kier molecular flexibility index (Phi) is 4.16. The molecule has 0 amide bonds. The molecule has 0 bridgehead atoms. The third-order valence-electron chi connectivity index (χ3n) is 2.63. The summed E-state index contributed by atoms with van der Waals surface area (Å²) in [4.78, 5) is 8.13. The zero-order valence-electron chi connectivity index (χ0n) is 10.6. The molecule has 0 N–H and O–H groups in total. The molecule has 1 aromatic carbocycles. The zero-order chi connectivity index (χ0) is 13.1. The normalized spacial score (nSPS) is 10.7. The Morgan fingerprint density at radius 1 is 1.28 bits per heavy atom. The van der Waals surface area contributed by atoms with Gasteiger partial charge in [-0.25, -0.2) is 9.97 Å². The standard InChI is InChI=1S/C14H15IN2O/c1-9(2)11-5-4-10(3)6-13(11)18-14-12(15)7-16-8-17-14/h4-9H,1-3H3. The highest BCUT2D eigenvalue weighted by atomic mass is 127. The first kappa shape index (κ1) is 13.3. The van der Waals surface area contributed by atoms with Gasteiger partial charge >= 0.3 is 0 Å². The Hall–Kier alpha value is -1.17. The minimum atomic E-state index is 0.417. The van der Waals surface area contributed by atoms with E-state index in [1.54, 1.807) is 6.20 Å². The number of halogens is 1. The van der Waals surface area contributed by atoms with E-state index in [1.807, 2.05) is 6.07 Å². The molecule has 1 heterocycles. The van der Waals surface area contributed by atoms with Crippen molar-refractivity contribution in [2.75, 3.05) is 0 Å². The van der Waals surface area contributed by atoms with E-state index in [2.05, 4.69) is 65.5 Å². The Labute approximate surface area is 121 Å². The van der Waals surface area contributed by atoms with Crippen LogP contribution in [0, 0.1) is 10.5 Å². The molecule has 2 rings (SSSR count). The molecule has 0 saturated heterocycles. The van der Waals surface area contributed by atoms with Crippen molar-refractivity contribution in [1.29, 1.82) is 0 Å². The summed E-state index contributed by atoms with van der Waals surface area (Å²) in [6, 6.07) is 6.27. The minimum absolute atomic E-state index is 0.417. The van der Waals surface area contributed by atoms with Crippen molar-refractivity contribution in [3.63, 3.8) is 0 Å². The predicted octanol–water partition coefficient (Wildman–Crippen LogP) is 4.31. The first-order chi connectivity index (χ1) is 8.58. The SMILES string of the molecule is Cc1ccc(C(C)C)c(Oc2ncncc2I)c1. The fourth-order valence-corrected chi connectivity index (χ4v) is 2.10. The van der Waals surface area contributed by atoms with Crippen molar-refractivity contribution in [3.8, 4) is 11.6 Å². The molecule has 0 radical (unpaired) electrons.